The van der Waals surface area contributed by atoms with Crippen LogP contribution >= 0.6 is 0 Å². The lowest BCUT2D eigenvalue weighted by Gasteiger charge is -2.33. The molecule has 0 bridgehead atoms. The molecular weight excluding hydrogens is 580 g/mol. The molecule has 1 fully saturated rings. The maximum absolute atomic E-state index is 13.2. The molecule has 12 heteroatoms. The Labute approximate surface area is 265 Å². The zero-order valence-electron chi connectivity index (χ0n) is 26.8. The van der Waals surface area contributed by atoms with Crippen LogP contribution in [0.5, 0.6) is 0 Å². The van der Waals surface area contributed by atoms with E-state index in [1.165, 1.54) is 7.11 Å². The van der Waals surface area contributed by atoms with E-state index in [1.54, 1.807) is 30.6 Å². The van der Waals surface area contributed by atoms with Crippen LogP contribution in [0.25, 0.3) is 0 Å². The third kappa shape index (κ3) is 13.6. The Morgan fingerprint density at radius 3 is 1.33 bits per heavy atom. The van der Waals surface area contributed by atoms with Crippen molar-refractivity contribution in [2.24, 2.45) is 0 Å². The van der Waals surface area contributed by atoms with Crippen molar-refractivity contribution in [1.82, 2.24) is 19.6 Å². The predicted molar refractivity (Wildman–Crippen MR) is 167 cm³/mol. The second-order valence-electron chi connectivity index (χ2n) is 11.8. The monoisotopic (exact) mass is 626 g/mol. The summed E-state index contributed by atoms with van der Waals surface area (Å²) < 4.78 is 21.7. The Kier molecular flexibility index (Phi) is 14.1. The molecule has 1 aliphatic rings. The van der Waals surface area contributed by atoms with Crippen molar-refractivity contribution < 1.29 is 38.1 Å². The zero-order valence-corrected chi connectivity index (χ0v) is 26.8. The molecule has 3 rings (SSSR count). The quantitative estimate of drug-likeness (QED) is 0.319. The molecule has 2 amide bonds. The lowest BCUT2D eigenvalue weighted by Crippen LogP contribution is -2.50. The average Bonchev–Trinajstić information content (AvgIpc) is 3.01. The van der Waals surface area contributed by atoms with E-state index in [2.05, 4.69) is 0 Å². The van der Waals surface area contributed by atoms with Crippen LogP contribution in [0.3, 0.4) is 0 Å². The first-order valence-electron chi connectivity index (χ1n) is 15.2. The number of hydrogen-bond donors (Lipinski definition) is 0. The topological polar surface area (TPSA) is 118 Å². The second-order valence-corrected chi connectivity index (χ2v) is 11.8. The Hall–Kier alpha value is -4.16. The average molecular weight is 627 g/mol. The van der Waals surface area contributed by atoms with Gasteiger partial charge in [0.25, 0.3) is 0 Å². The highest BCUT2D eigenvalue weighted by molar-refractivity contribution is 5.72. The van der Waals surface area contributed by atoms with Crippen molar-refractivity contribution >= 4 is 24.1 Å². The summed E-state index contributed by atoms with van der Waals surface area (Å²) in [6, 6.07) is 18.8. The van der Waals surface area contributed by atoms with Crippen molar-refractivity contribution in [3.05, 3.63) is 71.8 Å². The molecule has 0 saturated carbocycles. The molecular formula is C33H46N4O8. The van der Waals surface area contributed by atoms with E-state index in [-0.39, 0.29) is 52.5 Å². The number of ether oxygens (including phenoxy) is 4. The summed E-state index contributed by atoms with van der Waals surface area (Å²) in [7, 11) is 1.32. The van der Waals surface area contributed by atoms with Gasteiger partial charge in [0.15, 0.2) is 0 Å². The first kappa shape index (κ1) is 35.3. The number of methoxy groups -OCH3 is 1. The summed E-state index contributed by atoms with van der Waals surface area (Å²) in [4.78, 5) is 58.3. The van der Waals surface area contributed by atoms with Crippen LogP contribution in [-0.2, 0) is 41.8 Å². The molecule has 0 aromatic heterocycles. The summed E-state index contributed by atoms with van der Waals surface area (Å²) in [6.45, 7) is 7.91. The van der Waals surface area contributed by atoms with Crippen LogP contribution in [0.1, 0.15) is 31.9 Å². The highest BCUT2D eigenvalue weighted by Gasteiger charge is 2.26. The van der Waals surface area contributed by atoms with Crippen LogP contribution in [-0.4, -0.2) is 122 Å². The second kappa shape index (κ2) is 18.0. The van der Waals surface area contributed by atoms with Crippen LogP contribution in [0, 0.1) is 0 Å². The molecule has 0 radical (unpaired) electrons. The summed E-state index contributed by atoms with van der Waals surface area (Å²) in [6.07, 6.45) is -1.01. The third-order valence-corrected chi connectivity index (χ3v) is 7.02. The lowest BCUT2D eigenvalue weighted by atomic mass is 10.2. The van der Waals surface area contributed by atoms with Gasteiger partial charge in [0.1, 0.15) is 18.8 Å². The van der Waals surface area contributed by atoms with E-state index in [0.717, 1.165) is 11.1 Å². The molecule has 12 nitrogen and oxygen atoms in total. The lowest BCUT2D eigenvalue weighted by molar-refractivity contribution is -0.156. The minimum Gasteiger partial charge on any atom is -0.468 e. The van der Waals surface area contributed by atoms with Crippen LogP contribution in [0.4, 0.5) is 9.59 Å². The van der Waals surface area contributed by atoms with E-state index in [0.29, 0.717) is 26.2 Å². The first-order chi connectivity index (χ1) is 21.5. The number of hydrogen-bond acceptors (Lipinski definition) is 10. The van der Waals surface area contributed by atoms with E-state index >= 15 is 0 Å². The van der Waals surface area contributed by atoms with Gasteiger partial charge in [-0.05, 0) is 31.9 Å². The van der Waals surface area contributed by atoms with Gasteiger partial charge in [-0.25, -0.2) is 9.59 Å². The molecule has 0 spiro atoms. The summed E-state index contributed by atoms with van der Waals surface area (Å²) in [5.74, 6) is -0.836. The number of benzene rings is 2. The highest BCUT2D eigenvalue weighted by atomic mass is 16.6. The SMILES string of the molecule is COC(=O)CN1CCN(C(=O)OCc2ccccc2)CCN(CC(=O)OC(C)(C)C)CCN(C(=O)OCc2ccccc2)CC1. The smallest absolute Gasteiger partial charge is 0.410 e. The van der Waals surface area contributed by atoms with Crippen molar-refractivity contribution in [3.8, 4) is 0 Å². The molecule has 1 heterocycles. The third-order valence-electron chi connectivity index (χ3n) is 7.02. The van der Waals surface area contributed by atoms with Crippen LogP contribution < -0.4 is 0 Å². The van der Waals surface area contributed by atoms with Crippen molar-refractivity contribution in [2.75, 3.05) is 72.6 Å². The molecule has 2 aromatic carbocycles. The number of rotatable bonds is 8. The molecule has 1 saturated heterocycles. The number of amides is 2. The molecule has 2 aromatic rings. The maximum atomic E-state index is 13.2. The largest absolute Gasteiger partial charge is 0.468 e. The molecule has 1 aliphatic heterocycles. The van der Waals surface area contributed by atoms with Crippen molar-refractivity contribution in [3.63, 3.8) is 0 Å². The van der Waals surface area contributed by atoms with Gasteiger partial charge < -0.3 is 28.7 Å². The molecule has 0 atom stereocenters. The predicted octanol–water partition coefficient (Wildman–Crippen LogP) is 3.40. The van der Waals surface area contributed by atoms with Crippen molar-refractivity contribution in [2.45, 2.75) is 39.6 Å². The van der Waals surface area contributed by atoms with Gasteiger partial charge in [-0.2, -0.15) is 0 Å². The van der Waals surface area contributed by atoms with Gasteiger partial charge >= 0.3 is 24.1 Å². The number of carbonyl (C=O) groups excluding carboxylic acids is 4. The van der Waals surface area contributed by atoms with Crippen LogP contribution in [0.2, 0.25) is 0 Å². The Balaban J connectivity index is 1.77. The van der Waals surface area contributed by atoms with Crippen LogP contribution in [0.15, 0.2) is 60.7 Å². The fourth-order valence-corrected chi connectivity index (χ4v) is 4.60. The Morgan fingerprint density at radius 2 is 0.978 bits per heavy atom. The molecule has 246 valence electrons. The van der Waals surface area contributed by atoms with E-state index < -0.39 is 29.7 Å². The number of esters is 2. The number of carbonyl (C=O) groups is 4. The minimum atomic E-state index is -0.659. The summed E-state index contributed by atoms with van der Waals surface area (Å²) in [5.41, 5.74) is 1.06. The van der Waals surface area contributed by atoms with Gasteiger partial charge in [-0.3, -0.25) is 19.4 Å². The molecule has 0 aliphatic carbocycles. The van der Waals surface area contributed by atoms with E-state index in [9.17, 15) is 19.2 Å². The standard InChI is InChI=1S/C33H46N4O8/c1-33(2,3)45-30(39)24-35-17-21-36(31(40)43-25-27-11-7-5-8-12-27)19-15-34(23-29(38)42-4)16-20-37(22-18-35)32(41)44-26-28-13-9-6-10-14-28/h5-14H,15-26H2,1-4H3. The summed E-state index contributed by atoms with van der Waals surface area (Å²) in [5, 5.41) is 0. The van der Waals surface area contributed by atoms with Gasteiger partial charge in [0.05, 0.1) is 20.2 Å². The molecule has 0 unspecified atom stereocenters. The summed E-state index contributed by atoms with van der Waals surface area (Å²) >= 11 is 0. The molecule has 0 N–H and O–H groups in total. The van der Waals surface area contributed by atoms with Gasteiger partial charge in [0, 0.05) is 52.4 Å². The first-order valence-corrected chi connectivity index (χ1v) is 15.2. The van der Waals surface area contributed by atoms with E-state index in [1.807, 2.05) is 70.5 Å². The maximum Gasteiger partial charge on any atom is 0.410 e. The highest BCUT2D eigenvalue weighted by Crippen LogP contribution is 2.10. The van der Waals surface area contributed by atoms with Gasteiger partial charge in [-0.15, -0.1) is 0 Å². The normalized spacial score (nSPS) is 15.7. The Bertz CT molecular complexity index is 1150. The number of nitrogens with zero attached hydrogens (tertiary/aromatic N) is 4. The zero-order chi connectivity index (χ0) is 32.7. The van der Waals surface area contributed by atoms with Gasteiger partial charge in [-0.1, -0.05) is 60.7 Å². The fourth-order valence-electron chi connectivity index (χ4n) is 4.60. The Morgan fingerprint density at radius 1 is 0.600 bits per heavy atom. The minimum absolute atomic E-state index is 0.0128. The van der Waals surface area contributed by atoms with Crippen molar-refractivity contribution in [1.29, 1.82) is 0 Å². The fraction of sp³-hybridized carbons (Fsp3) is 0.515. The van der Waals surface area contributed by atoms with Gasteiger partial charge in [0.2, 0.25) is 0 Å². The van der Waals surface area contributed by atoms with E-state index in [4.69, 9.17) is 18.9 Å². The molecule has 45 heavy (non-hydrogen) atoms.